The second-order valence-corrected chi connectivity index (χ2v) is 5.09. The Balaban J connectivity index is 2.26. The van der Waals surface area contributed by atoms with Crippen LogP contribution < -0.4 is 0 Å². The van der Waals surface area contributed by atoms with Crippen LogP contribution in [0.2, 0.25) is 10.0 Å². The van der Waals surface area contributed by atoms with E-state index in [1.807, 2.05) is 24.0 Å². The minimum Gasteiger partial charge on any atom is -0.336 e. The summed E-state index contributed by atoms with van der Waals surface area (Å²) in [4.78, 5) is 13.8. The lowest BCUT2D eigenvalue weighted by atomic mass is 10.0. The molecule has 1 aliphatic rings. The van der Waals surface area contributed by atoms with Gasteiger partial charge in [-0.3, -0.25) is 4.79 Å². The summed E-state index contributed by atoms with van der Waals surface area (Å²) in [6, 6.07) is 5.79. The molecule has 1 amide bonds. The van der Waals surface area contributed by atoms with Gasteiger partial charge >= 0.3 is 0 Å². The number of halogens is 2. The Labute approximate surface area is 112 Å². The fourth-order valence-electron chi connectivity index (χ4n) is 2.33. The number of nitrogens with zero attached hydrogens (tertiary/aromatic N) is 1. The van der Waals surface area contributed by atoms with Crippen LogP contribution in [-0.2, 0) is 4.79 Å². The van der Waals surface area contributed by atoms with Crippen molar-refractivity contribution in [3.05, 3.63) is 33.8 Å². The fourth-order valence-corrected chi connectivity index (χ4v) is 2.64. The van der Waals surface area contributed by atoms with E-state index in [1.54, 1.807) is 6.07 Å². The Morgan fingerprint density at radius 2 is 2.18 bits per heavy atom. The van der Waals surface area contributed by atoms with E-state index in [0.717, 1.165) is 24.9 Å². The van der Waals surface area contributed by atoms with Crippen molar-refractivity contribution in [1.29, 1.82) is 0 Å². The summed E-state index contributed by atoms with van der Waals surface area (Å²) in [7, 11) is 0. The second kappa shape index (κ2) is 5.28. The third-order valence-electron chi connectivity index (χ3n) is 3.20. The van der Waals surface area contributed by atoms with Crippen LogP contribution >= 0.6 is 23.2 Å². The van der Waals surface area contributed by atoms with Crippen LogP contribution in [0.3, 0.4) is 0 Å². The van der Waals surface area contributed by atoms with Gasteiger partial charge in [-0.05, 0) is 30.5 Å². The predicted octanol–water partition coefficient (Wildman–Crippen LogP) is 4.07. The van der Waals surface area contributed by atoms with Crippen molar-refractivity contribution in [2.24, 2.45) is 0 Å². The first-order valence-electron chi connectivity index (χ1n) is 5.88. The molecule has 0 bridgehead atoms. The van der Waals surface area contributed by atoms with Gasteiger partial charge in [0, 0.05) is 13.0 Å². The van der Waals surface area contributed by atoms with Gasteiger partial charge in [0.2, 0.25) is 5.91 Å². The van der Waals surface area contributed by atoms with Crippen molar-refractivity contribution in [3.63, 3.8) is 0 Å². The molecule has 1 heterocycles. The molecule has 1 aromatic carbocycles. The summed E-state index contributed by atoms with van der Waals surface area (Å²) in [5.74, 6) is 0.207. The molecule has 1 fully saturated rings. The van der Waals surface area contributed by atoms with E-state index in [1.165, 1.54) is 0 Å². The smallest absolute Gasteiger partial charge is 0.222 e. The molecule has 1 aromatic rings. The maximum Gasteiger partial charge on any atom is 0.222 e. The normalized spacial score (nSPS) is 19.7. The van der Waals surface area contributed by atoms with Crippen LogP contribution in [-0.4, -0.2) is 17.4 Å². The largest absolute Gasteiger partial charge is 0.336 e. The summed E-state index contributed by atoms with van der Waals surface area (Å²) < 4.78 is 0. The molecule has 0 spiro atoms. The fraction of sp³-hybridized carbons (Fsp3) is 0.462. The maximum absolute atomic E-state index is 11.8. The standard InChI is InChI=1S/C13H15Cl2NO/c1-2-13(17)16-7-3-4-12(16)9-5-6-10(14)11(15)8-9/h5-6,8,12H,2-4,7H2,1H3. The Bertz CT molecular complexity index is 433. The van der Waals surface area contributed by atoms with E-state index in [2.05, 4.69) is 0 Å². The number of amides is 1. The zero-order chi connectivity index (χ0) is 12.4. The van der Waals surface area contributed by atoms with E-state index in [9.17, 15) is 4.79 Å². The molecule has 0 aliphatic carbocycles. The maximum atomic E-state index is 11.8. The topological polar surface area (TPSA) is 20.3 Å². The minimum absolute atomic E-state index is 0.164. The molecule has 1 aliphatic heterocycles. The van der Waals surface area contributed by atoms with Crippen LogP contribution in [0.25, 0.3) is 0 Å². The molecular weight excluding hydrogens is 257 g/mol. The SMILES string of the molecule is CCC(=O)N1CCCC1c1ccc(Cl)c(Cl)c1. The van der Waals surface area contributed by atoms with Gasteiger partial charge in [-0.2, -0.15) is 0 Å². The van der Waals surface area contributed by atoms with Gasteiger partial charge in [0.25, 0.3) is 0 Å². The monoisotopic (exact) mass is 271 g/mol. The highest BCUT2D eigenvalue weighted by Gasteiger charge is 2.29. The molecule has 0 N–H and O–H groups in total. The number of carbonyl (C=O) groups is 1. The summed E-state index contributed by atoms with van der Waals surface area (Å²) in [6.07, 6.45) is 2.61. The highest BCUT2D eigenvalue weighted by Crippen LogP contribution is 2.35. The number of likely N-dealkylation sites (tertiary alicyclic amines) is 1. The first kappa shape index (κ1) is 12.7. The highest BCUT2D eigenvalue weighted by atomic mass is 35.5. The summed E-state index contributed by atoms with van der Waals surface area (Å²) >= 11 is 11.9. The molecule has 2 rings (SSSR count). The number of hydrogen-bond acceptors (Lipinski definition) is 1. The van der Waals surface area contributed by atoms with Gasteiger partial charge < -0.3 is 4.90 Å². The first-order valence-corrected chi connectivity index (χ1v) is 6.63. The Kier molecular flexibility index (Phi) is 3.95. The molecular formula is C13H15Cl2NO. The van der Waals surface area contributed by atoms with Crippen LogP contribution in [0, 0.1) is 0 Å². The summed E-state index contributed by atoms with van der Waals surface area (Å²) in [6.45, 7) is 2.74. The molecule has 1 atom stereocenters. The van der Waals surface area contributed by atoms with Gasteiger partial charge in [0.1, 0.15) is 0 Å². The molecule has 0 saturated carbocycles. The number of carbonyl (C=O) groups excluding carboxylic acids is 1. The van der Waals surface area contributed by atoms with Crippen LogP contribution in [0.15, 0.2) is 18.2 Å². The average Bonchev–Trinajstić information content (AvgIpc) is 2.80. The van der Waals surface area contributed by atoms with Crippen LogP contribution in [0.5, 0.6) is 0 Å². The molecule has 2 nitrogen and oxygen atoms in total. The van der Waals surface area contributed by atoms with Gasteiger partial charge in [-0.15, -0.1) is 0 Å². The van der Waals surface area contributed by atoms with Crippen molar-refractivity contribution < 1.29 is 4.79 Å². The van der Waals surface area contributed by atoms with E-state index in [-0.39, 0.29) is 11.9 Å². The molecule has 4 heteroatoms. The number of rotatable bonds is 2. The molecule has 0 radical (unpaired) electrons. The zero-order valence-corrected chi connectivity index (χ0v) is 11.3. The van der Waals surface area contributed by atoms with Crippen molar-refractivity contribution in [3.8, 4) is 0 Å². The lowest BCUT2D eigenvalue weighted by Crippen LogP contribution is -2.29. The first-order chi connectivity index (χ1) is 8.13. The summed E-state index contributed by atoms with van der Waals surface area (Å²) in [5, 5.41) is 1.11. The van der Waals surface area contributed by atoms with Crippen molar-refractivity contribution in [2.45, 2.75) is 32.2 Å². The average molecular weight is 272 g/mol. The quantitative estimate of drug-likeness (QED) is 0.794. The Morgan fingerprint density at radius 1 is 1.41 bits per heavy atom. The summed E-state index contributed by atoms with van der Waals surface area (Å²) in [5.41, 5.74) is 1.08. The molecule has 1 unspecified atom stereocenters. The highest BCUT2D eigenvalue weighted by molar-refractivity contribution is 6.42. The van der Waals surface area contributed by atoms with E-state index in [0.29, 0.717) is 16.5 Å². The third kappa shape index (κ3) is 2.58. The predicted molar refractivity (Wildman–Crippen MR) is 70.4 cm³/mol. The van der Waals surface area contributed by atoms with Crippen molar-refractivity contribution >= 4 is 29.1 Å². The number of hydrogen-bond donors (Lipinski definition) is 0. The van der Waals surface area contributed by atoms with Gasteiger partial charge in [0.15, 0.2) is 0 Å². The van der Waals surface area contributed by atoms with E-state index in [4.69, 9.17) is 23.2 Å². The van der Waals surface area contributed by atoms with Crippen molar-refractivity contribution in [1.82, 2.24) is 4.90 Å². The molecule has 92 valence electrons. The van der Waals surface area contributed by atoms with Gasteiger partial charge in [-0.1, -0.05) is 36.2 Å². The van der Waals surface area contributed by atoms with Gasteiger partial charge in [0.05, 0.1) is 16.1 Å². The molecule has 17 heavy (non-hydrogen) atoms. The van der Waals surface area contributed by atoms with E-state index < -0.39 is 0 Å². The second-order valence-electron chi connectivity index (χ2n) is 4.27. The third-order valence-corrected chi connectivity index (χ3v) is 3.94. The molecule has 1 saturated heterocycles. The van der Waals surface area contributed by atoms with E-state index >= 15 is 0 Å². The van der Waals surface area contributed by atoms with Gasteiger partial charge in [-0.25, -0.2) is 0 Å². The lowest BCUT2D eigenvalue weighted by molar-refractivity contribution is -0.131. The number of benzene rings is 1. The Morgan fingerprint density at radius 3 is 2.82 bits per heavy atom. The molecule has 0 aromatic heterocycles. The zero-order valence-electron chi connectivity index (χ0n) is 9.75. The Hall–Kier alpha value is -0.730. The lowest BCUT2D eigenvalue weighted by Gasteiger charge is -2.25. The minimum atomic E-state index is 0.164. The van der Waals surface area contributed by atoms with Crippen LogP contribution in [0.4, 0.5) is 0 Å². The van der Waals surface area contributed by atoms with Crippen LogP contribution in [0.1, 0.15) is 37.8 Å². The van der Waals surface area contributed by atoms with Crippen molar-refractivity contribution in [2.75, 3.05) is 6.54 Å².